The molecule has 33 heavy (non-hydrogen) atoms. The van der Waals surface area contributed by atoms with E-state index in [1.807, 2.05) is 12.1 Å². The van der Waals surface area contributed by atoms with Crippen LogP contribution in [-0.4, -0.2) is 75.9 Å². The molecule has 0 saturated carbocycles. The van der Waals surface area contributed by atoms with Gasteiger partial charge >= 0.3 is 5.97 Å². The Morgan fingerprint density at radius 2 is 1.39 bits per heavy atom. The van der Waals surface area contributed by atoms with E-state index in [4.69, 9.17) is 5.11 Å². The van der Waals surface area contributed by atoms with Crippen LogP contribution in [0.5, 0.6) is 0 Å². The standard InChI is InChI=1S/C23H27Br2N3O3.2ClH/c24-16-3-5-21-19(12-16)20-13-17(25)4-6-22(20)28(21)15-18(29)14-27-10-8-26(9-11-27)7-1-2-23(30)31;;/h3-6,12-13,18,29H,1-2,7-11,14-15H2,(H,30,31);2*1H/t18-;;/m1../s1. The number of piperazine rings is 1. The van der Waals surface area contributed by atoms with Gasteiger partial charge in [-0.2, -0.15) is 0 Å². The molecule has 1 fully saturated rings. The maximum Gasteiger partial charge on any atom is 0.303 e. The number of hydrogen-bond acceptors (Lipinski definition) is 4. The average molecular weight is 626 g/mol. The number of aliphatic hydroxyl groups is 1. The van der Waals surface area contributed by atoms with E-state index in [0.717, 1.165) is 52.7 Å². The first kappa shape index (κ1) is 28.4. The number of benzene rings is 2. The molecule has 1 aromatic heterocycles. The quantitative estimate of drug-likeness (QED) is 0.369. The summed E-state index contributed by atoms with van der Waals surface area (Å²) in [5, 5.41) is 22.0. The number of rotatable bonds is 8. The molecule has 0 aliphatic carbocycles. The molecule has 0 spiro atoms. The van der Waals surface area contributed by atoms with Crippen molar-refractivity contribution < 1.29 is 15.0 Å². The van der Waals surface area contributed by atoms with E-state index in [9.17, 15) is 9.90 Å². The molecule has 4 rings (SSSR count). The molecule has 3 aromatic rings. The van der Waals surface area contributed by atoms with Gasteiger partial charge in [-0.1, -0.05) is 31.9 Å². The summed E-state index contributed by atoms with van der Waals surface area (Å²) in [4.78, 5) is 15.3. The maximum atomic E-state index is 10.9. The fourth-order valence-electron chi connectivity index (χ4n) is 4.46. The van der Waals surface area contributed by atoms with Gasteiger partial charge in [0.1, 0.15) is 0 Å². The van der Waals surface area contributed by atoms with Gasteiger partial charge in [-0.3, -0.25) is 9.69 Å². The SMILES string of the molecule is Cl.Cl.O=C(O)CCCN1CCN(C[C@@H](O)Cn2c3ccc(Br)cc3c3cc(Br)ccc32)CC1. The molecule has 0 amide bonds. The number of aliphatic carboxylic acids is 1. The largest absolute Gasteiger partial charge is 0.481 e. The third-order valence-electron chi connectivity index (χ3n) is 5.98. The molecular formula is C23H29Br2Cl2N3O3. The van der Waals surface area contributed by atoms with E-state index in [1.54, 1.807) is 0 Å². The second-order valence-corrected chi connectivity index (χ2v) is 10.1. The summed E-state index contributed by atoms with van der Waals surface area (Å²) >= 11 is 7.16. The van der Waals surface area contributed by atoms with Crippen LogP contribution >= 0.6 is 56.7 Å². The Kier molecular flexibility index (Phi) is 10.9. The third-order valence-corrected chi connectivity index (χ3v) is 6.97. The van der Waals surface area contributed by atoms with Crippen LogP contribution in [0.4, 0.5) is 0 Å². The average Bonchev–Trinajstić information content (AvgIpc) is 3.01. The Morgan fingerprint density at radius 1 is 0.879 bits per heavy atom. The number of nitrogens with zero attached hydrogens (tertiary/aromatic N) is 3. The molecule has 182 valence electrons. The molecular weight excluding hydrogens is 597 g/mol. The molecule has 1 aliphatic heterocycles. The van der Waals surface area contributed by atoms with E-state index in [-0.39, 0.29) is 31.2 Å². The predicted molar refractivity (Wildman–Crippen MR) is 145 cm³/mol. The zero-order chi connectivity index (χ0) is 22.0. The highest BCUT2D eigenvalue weighted by molar-refractivity contribution is 9.10. The summed E-state index contributed by atoms with van der Waals surface area (Å²) in [6.07, 6.45) is 0.452. The number of β-amino-alcohol motifs (C(OH)–C–C–N with tert-alkyl or cyclic N) is 1. The van der Waals surface area contributed by atoms with Gasteiger partial charge in [0, 0.05) is 69.9 Å². The number of carboxylic acid groups (broad SMARTS) is 1. The molecule has 0 unspecified atom stereocenters. The lowest BCUT2D eigenvalue weighted by Crippen LogP contribution is -2.49. The van der Waals surface area contributed by atoms with Crippen molar-refractivity contribution in [2.24, 2.45) is 0 Å². The molecule has 0 radical (unpaired) electrons. The molecule has 1 saturated heterocycles. The summed E-state index contributed by atoms with van der Waals surface area (Å²) in [7, 11) is 0. The summed E-state index contributed by atoms with van der Waals surface area (Å²) in [6.45, 7) is 5.65. The number of hydrogen-bond donors (Lipinski definition) is 2. The molecule has 1 atom stereocenters. The van der Waals surface area contributed by atoms with Gasteiger partial charge in [0.15, 0.2) is 0 Å². The van der Waals surface area contributed by atoms with E-state index >= 15 is 0 Å². The Morgan fingerprint density at radius 3 is 1.91 bits per heavy atom. The minimum Gasteiger partial charge on any atom is -0.481 e. The van der Waals surface area contributed by atoms with Crippen molar-refractivity contribution in [2.45, 2.75) is 25.5 Å². The van der Waals surface area contributed by atoms with Crippen LogP contribution < -0.4 is 0 Å². The number of aliphatic hydroxyl groups excluding tert-OH is 1. The topological polar surface area (TPSA) is 68.9 Å². The van der Waals surface area contributed by atoms with Crippen LogP contribution in [0.15, 0.2) is 45.3 Å². The van der Waals surface area contributed by atoms with E-state index in [1.165, 1.54) is 10.8 Å². The van der Waals surface area contributed by atoms with Crippen LogP contribution in [0, 0.1) is 0 Å². The zero-order valence-corrected chi connectivity index (χ0v) is 22.9. The highest BCUT2D eigenvalue weighted by Crippen LogP contribution is 2.33. The van der Waals surface area contributed by atoms with Gasteiger partial charge in [0.05, 0.1) is 12.6 Å². The number of aromatic nitrogens is 1. The Bertz CT molecular complexity index is 1030. The zero-order valence-electron chi connectivity index (χ0n) is 18.1. The number of carbonyl (C=O) groups is 1. The maximum absolute atomic E-state index is 10.9. The monoisotopic (exact) mass is 623 g/mol. The molecule has 2 N–H and O–H groups in total. The highest BCUT2D eigenvalue weighted by Gasteiger charge is 2.21. The van der Waals surface area contributed by atoms with Crippen molar-refractivity contribution in [2.75, 3.05) is 39.3 Å². The van der Waals surface area contributed by atoms with Crippen molar-refractivity contribution >= 4 is 84.4 Å². The summed E-state index contributed by atoms with van der Waals surface area (Å²) in [5.41, 5.74) is 2.25. The van der Waals surface area contributed by atoms with Gasteiger partial charge in [0.2, 0.25) is 0 Å². The number of carboxylic acids is 1. The highest BCUT2D eigenvalue weighted by atomic mass is 79.9. The van der Waals surface area contributed by atoms with Gasteiger partial charge in [0.25, 0.3) is 0 Å². The van der Waals surface area contributed by atoms with Crippen LogP contribution in [-0.2, 0) is 11.3 Å². The smallest absolute Gasteiger partial charge is 0.303 e. The van der Waals surface area contributed by atoms with E-state index in [2.05, 4.69) is 70.5 Å². The van der Waals surface area contributed by atoms with Crippen LogP contribution in [0.1, 0.15) is 12.8 Å². The Balaban J connectivity index is 0.00000193. The molecule has 6 nitrogen and oxygen atoms in total. The first-order valence-electron chi connectivity index (χ1n) is 10.6. The van der Waals surface area contributed by atoms with Gasteiger partial charge in [-0.25, -0.2) is 0 Å². The van der Waals surface area contributed by atoms with Gasteiger partial charge in [-0.05, 0) is 49.4 Å². The second kappa shape index (κ2) is 12.7. The number of fused-ring (bicyclic) bond motifs is 3. The predicted octanol–water partition coefficient (Wildman–Crippen LogP) is 5.01. The lowest BCUT2D eigenvalue weighted by atomic mass is 10.2. The molecule has 10 heteroatoms. The van der Waals surface area contributed by atoms with Crippen molar-refractivity contribution in [1.82, 2.24) is 14.4 Å². The fraction of sp³-hybridized carbons (Fsp3) is 0.435. The Labute approximate surface area is 223 Å². The second-order valence-electron chi connectivity index (χ2n) is 8.23. The van der Waals surface area contributed by atoms with Gasteiger partial charge < -0.3 is 19.7 Å². The number of halogens is 4. The molecule has 2 heterocycles. The van der Waals surface area contributed by atoms with E-state index in [0.29, 0.717) is 19.5 Å². The first-order chi connectivity index (χ1) is 14.9. The summed E-state index contributed by atoms with van der Waals surface area (Å²) in [6, 6.07) is 12.6. The van der Waals surface area contributed by atoms with Crippen LogP contribution in [0.2, 0.25) is 0 Å². The molecule has 1 aliphatic rings. The van der Waals surface area contributed by atoms with Crippen molar-refractivity contribution in [3.05, 3.63) is 45.3 Å². The molecule has 0 bridgehead atoms. The molecule has 2 aromatic carbocycles. The minimum absolute atomic E-state index is 0. The lowest BCUT2D eigenvalue weighted by molar-refractivity contribution is -0.137. The summed E-state index contributed by atoms with van der Waals surface area (Å²) < 4.78 is 4.30. The fourth-order valence-corrected chi connectivity index (χ4v) is 5.18. The van der Waals surface area contributed by atoms with Crippen LogP contribution in [0.25, 0.3) is 21.8 Å². The van der Waals surface area contributed by atoms with Crippen LogP contribution in [0.3, 0.4) is 0 Å². The normalized spacial score (nSPS) is 15.8. The summed E-state index contributed by atoms with van der Waals surface area (Å²) in [5.74, 6) is -0.730. The van der Waals surface area contributed by atoms with Crippen molar-refractivity contribution in [1.29, 1.82) is 0 Å². The van der Waals surface area contributed by atoms with Crippen molar-refractivity contribution in [3.8, 4) is 0 Å². The van der Waals surface area contributed by atoms with E-state index < -0.39 is 12.1 Å². The van der Waals surface area contributed by atoms with Gasteiger partial charge in [-0.15, -0.1) is 24.8 Å². The minimum atomic E-state index is -0.730. The lowest BCUT2D eigenvalue weighted by Gasteiger charge is -2.35. The third kappa shape index (κ3) is 7.07. The Hall–Kier alpha value is -0.870. The van der Waals surface area contributed by atoms with Crippen molar-refractivity contribution in [3.63, 3.8) is 0 Å². The first-order valence-corrected chi connectivity index (χ1v) is 12.2.